The van der Waals surface area contributed by atoms with Gasteiger partial charge >= 0.3 is 6.01 Å². The van der Waals surface area contributed by atoms with Gasteiger partial charge in [-0.1, -0.05) is 46.3 Å². The van der Waals surface area contributed by atoms with Crippen molar-refractivity contribution in [3.63, 3.8) is 0 Å². The molecule has 0 atom stereocenters. The number of methoxy groups -OCH3 is 1. The molecule has 0 fully saturated rings. The summed E-state index contributed by atoms with van der Waals surface area (Å²) in [7, 11) is 1.56. The van der Waals surface area contributed by atoms with E-state index in [4.69, 9.17) is 9.47 Å². The summed E-state index contributed by atoms with van der Waals surface area (Å²) >= 11 is 3.50. The average molecular weight is 381 g/mol. The van der Waals surface area contributed by atoms with Gasteiger partial charge in [0.15, 0.2) is 0 Å². The summed E-state index contributed by atoms with van der Waals surface area (Å²) in [5.41, 5.74) is 3.59. The molecule has 1 aliphatic rings. The number of benzene rings is 2. The van der Waals surface area contributed by atoms with Gasteiger partial charge in [0.2, 0.25) is 0 Å². The van der Waals surface area contributed by atoms with Crippen LogP contribution in [0.2, 0.25) is 0 Å². The van der Waals surface area contributed by atoms with Gasteiger partial charge in [-0.25, -0.2) is 4.98 Å². The Morgan fingerprint density at radius 1 is 1.08 bits per heavy atom. The fraction of sp³-hybridized carbons (Fsp3) is 0.0526. The number of rotatable bonds is 2. The summed E-state index contributed by atoms with van der Waals surface area (Å²) in [4.78, 5) is 8.76. The Balaban J connectivity index is 1.92. The highest BCUT2D eigenvalue weighted by atomic mass is 79.9. The predicted molar refractivity (Wildman–Crippen MR) is 96.7 cm³/mol. The van der Waals surface area contributed by atoms with Crippen molar-refractivity contribution in [2.24, 2.45) is 0 Å². The summed E-state index contributed by atoms with van der Waals surface area (Å²) in [6.45, 7) is 0. The van der Waals surface area contributed by atoms with E-state index in [-0.39, 0.29) is 0 Å². The molecule has 2 heterocycles. The molecule has 0 unspecified atom stereocenters. The van der Waals surface area contributed by atoms with Crippen LogP contribution in [0.4, 0.5) is 0 Å². The number of nitrogens with zero attached hydrogens (tertiary/aromatic N) is 2. The third kappa shape index (κ3) is 2.67. The maximum absolute atomic E-state index is 6.11. The van der Waals surface area contributed by atoms with Crippen LogP contribution in [0.25, 0.3) is 23.1 Å². The number of halogens is 1. The van der Waals surface area contributed by atoms with Crippen LogP contribution in [0.1, 0.15) is 11.1 Å². The molecule has 5 heteroatoms. The minimum atomic E-state index is 0.334. The Kier molecular flexibility index (Phi) is 3.78. The molecule has 3 aromatic rings. The zero-order valence-electron chi connectivity index (χ0n) is 12.9. The molecule has 1 aromatic heterocycles. The minimum Gasteiger partial charge on any atom is -0.467 e. The molecule has 2 aromatic carbocycles. The molecule has 118 valence electrons. The number of fused-ring (bicyclic) bond motifs is 3. The maximum atomic E-state index is 6.11. The molecule has 0 saturated carbocycles. The molecule has 0 saturated heterocycles. The fourth-order valence-electron chi connectivity index (χ4n) is 2.61. The molecule has 1 aliphatic heterocycles. The normalized spacial score (nSPS) is 13.8. The second kappa shape index (κ2) is 6.09. The lowest BCUT2D eigenvalue weighted by Crippen LogP contribution is -2.08. The fourth-order valence-corrected chi connectivity index (χ4v) is 2.97. The molecule has 24 heavy (non-hydrogen) atoms. The monoisotopic (exact) mass is 380 g/mol. The Morgan fingerprint density at radius 3 is 2.71 bits per heavy atom. The van der Waals surface area contributed by atoms with E-state index < -0.39 is 0 Å². The molecule has 0 amide bonds. The van der Waals surface area contributed by atoms with Crippen molar-refractivity contribution in [3.05, 3.63) is 70.3 Å². The zero-order chi connectivity index (χ0) is 16.5. The highest BCUT2D eigenvalue weighted by molar-refractivity contribution is 9.10. The predicted octanol–water partition coefficient (Wildman–Crippen LogP) is 4.81. The van der Waals surface area contributed by atoms with Gasteiger partial charge in [0.1, 0.15) is 11.5 Å². The van der Waals surface area contributed by atoms with Crippen LogP contribution < -0.4 is 9.47 Å². The van der Waals surface area contributed by atoms with E-state index in [2.05, 4.69) is 25.9 Å². The molecule has 0 radical (unpaired) electrons. The van der Waals surface area contributed by atoms with E-state index in [0.717, 1.165) is 32.6 Å². The van der Waals surface area contributed by atoms with Crippen LogP contribution in [0, 0.1) is 0 Å². The van der Waals surface area contributed by atoms with Crippen LogP contribution in [-0.2, 0) is 0 Å². The summed E-state index contributed by atoms with van der Waals surface area (Å²) in [6.07, 6.45) is 3.72. The topological polar surface area (TPSA) is 44.2 Å². The first kappa shape index (κ1) is 14.9. The van der Waals surface area contributed by atoms with Gasteiger partial charge in [0, 0.05) is 16.2 Å². The molecule has 0 aliphatic carbocycles. The van der Waals surface area contributed by atoms with Gasteiger partial charge in [0.25, 0.3) is 0 Å². The summed E-state index contributed by atoms with van der Waals surface area (Å²) in [5, 5.41) is 0. The smallest absolute Gasteiger partial charge is 0.316 e. The van der Waals surface area contributed by atoms with Crippen molar-refractivity contribution in [1.82, 2.24) is 9.97 Å². The molecule has 4 rings (SSSR count). The quantitative estimate of drug-likeness (QED) is 0.639. The van der Waals surface area contributed by atoms with Crippen molar-refractivity contribution in [2.75, 3.05) is 7.11 Å². The number of aromatic nitrogens is 2. The third-order valence-electron chi connectivity index (χ3n) is 3.73. The van der Waals surface area contributed by atoms with Crippen molar-refractivity contribution in [1.29, 1.82) is 0 Å². The summed E-state index contributed by atoms with van der Waals surface area (Å²) in [6, 6.07) is 16.2. The van der Waals surface area contributed by atoms with Gasteiger partial charge in [-0.3, -0.25) is 0 Å². The van der Waals surface area contributed by atoms with E-state index in [0.29, 0.717) is 11.8 Å². The van der Waals surface area contributed by atoms with Crippen LogP contribution in [0.5, 0.6) is 11.8 Å². The lowest BCUT2D eigenvalue weighted by Gasteiger charge is -2.22. The summed E-state index contributed by atoms with van der Waals surface area (Å²) < 4.78 is 12.3. The third-order valence-corrected chi connectivity index (χ3v) is 4.22. The second-order valence-electron chi connectivity index (χ2n) is 5.28. The first-order valence-corrected chi connectivity index (χ1v) is 8.20. The van der Waals surface area contributed by atoms with Gasteiger partial charge in [-0.2, -0.15) is 4.98 Å². The zero-order valence-corrected chi connectivity index (χ0v) is 14.4. The van der Waals surface area contributed by atoms with E-state index in [1.54, 1.807) is 13.3 Å². The summed E-state index contributed by atoms with van der Waals surface area (Å²) in [5.74, 6) is 1.47. The molecule has 4 nitrogen and oxygen atoms in total. The largest absolute Gasteiger partial charge is 0.467 e. The van der Waals surface area contributed by atoms with Gasteiger partial charge in [-0.05, 0) is 29.8 Å². The van der Waals surface area contributed by atoms with E-state index in [1.807, 2.05) is 54.6 Å². The van der Waals surface area contributed by atoms with E-state index in [1.165, 1.54) is 0 Å². The molecule has 0 N–H and O–H groups in total. The highest BCUT2D eigenvalue weighted by Crippen LogP contribution is 2.42. The van der Waals surface area contributed by atoms with Crippen LogP contribution in [0.3, 0.4) is 0 Å². The Labute approximate surface area is 147 Å². The van der Waals surface area contributed by atoms with E-state index in [9.17, 15) is 0 Å². The van der Waals surface area contributed by atoms with Crippen molar-refractivity contribution in [2.45, 2.75) is 0 Å². The van der Waals surface area contributed by atoms with Crippen molar-refractivity contribution in [3.8, 4) is 23.0 Å². The first-order valence-electron chi connectivity index (χ1n) is 7.40. The molecular weight excluding hydrogens is 368 g/mol. The number of hydrogen-bond donors (Lipinski definition) is 0. The lowest BCUT2D eigenvalue weighted by atomic mass is 10.0. The second-order valence-corrected chi connectivity index (χ2v) is 6.20. The molecular formula is C19H13BrN2O2. The average Bonchev–Trinajstić information content (AvgIpc) is 2.63. The van der Waals surface area contributed by atoms with Gasteiger partial charge in [-0.15, -0.1) is 0 Å². The first-order chi connectivity index (χ1) is 11.7. The standard InChI is InChI=1S/C19H13BrN2O2/c1-23-19-21-11-15-17(9-12-5-3-2-4-6-12)24-16-8-7-13(20)10-14(16)18(15)22-19/h2-11H,1H3/b17-9-. The number of hydrogen-bond acceptors (Lipinski definition) is 4. The number of ether oxygens (including phenoxy) is 2. The Bertz CT molecular complexity index is 939. The molecule has 0 bridgehead atoms. The maximum Gasteiger partial charge on any atom is 0.316 e. The molecule has 0 spiro atoms. The minimum absolute atomic E-state index is 0.334. The van der Waals surface area contributed by atoms with Crippen LogP contribution >= 0.6 is 15.9 Å². The van der Waals surface area contributed by atoms with Gasteiger partial charge < -0.3 is 9.47 Å². The van der Waals surface area contributed by atoms with Crippen LogP contribution in [0.15, 0.2) is 59.2 Å². The van der Waals surface area contributed by atoms with Crippen molar-refractivity contribution < 1.29 is 9.47 Å². The SMILES string of the molecule is COc1ncc2c(n1)-c1cc(Br)ccc1O/C2=C\c1ccccc1. The van der Waals surface area contributed by atoms with Crippen LogP contribution in [-0.4, -0.2) is 17.1 Å². The Hall–Kier alpha value is -2.66. The van der Waals surface area contributed by atoms with E-state index >= 15 is 0 Å². The van der Waals surface area contributed by atoms with Crippen molar-refractivity contribution >= 4 is 27.8 Å². The lowest BCUT2D eigenvalue weighted by molar-refractivity contribution is 0.379. The van der Waals surface area contributed by atoms with Gasteiger partial charge in [0.05, 0.1) is 18.4 Å². The highest BCUT2D eigenvalue weighted by Gasteiger charge is 2.24. The Morgan fingerprint density at radius 2 is 1.92 bits per heavy atom.